The predicted octanol–water partition coefficient (Wildman–Crippen LogP) is 3.90. The number of nitrogens with zero attached hydrogens (tertiary/aromatic N) is 1. The van der Waals surface area contributed by atoms with Crippen LogP contribution in [0, 0.1) is 11.9 Å². The van der Waals surface area contributed by atoms with Gasteiger partial charge in [-0.3, -0.25) is 4.39 Å². The van der Waals surface area contributed by atoms with E-state index in [1.807, 2.05) is 11.4 Å². The number of rotatable bonds is 1. The number of halogens is 1. The molecule has 2 aromatic heterocycles. The van der Waals surface area contributed by atoms with E-state index in [1.165, 1.54) is 12.1 Å². The normalized spacial score (nSPS) is 10.2. The molecule has 0 N–H and O–H groups in total. The maximum absolute atomic E-state index is 12.8. The van der Waals surface area contributed by atoms with Crippen molar-refractivity contribution in [1.29, 1.82) is 0 Å². The van der Waals surface area contributed by atoms with E-state index in [-0.39, 0.29) is 25.9 Å². The van der Waals surface area contributed by atoms with Crippen molar-refractivity contribution in [3.63, 3.8) is 0 Å². The van der Waals surface area contributed by atoms with Crippen molar-refractivity contribution in [2.24, 2.45) is 0 Å². The minimum absolute atomic E-state index is 0. The van der Waals surface area contributed by atoms with Gasteiger partial charge in [-0.15, -0.1) is 29.8 Å². The van der Waals surface area contributed by atoms with Crippen molar-refractivity contribution >= 4 is 21.4 Å². The summed E-state index contributed by atoms with van der Waals surface area (Å²) < 4.78 is 13.9. The van der Waals surface area contributed by atoms with E-state index in [1.54, 1.807) is 23.6 Å². The van der Waals surface area contributed by atoms with Crippen LogP contribution in [0.2, 0.25) is 0 Å². The van der Waals surface area contributed by atoms with Gasteiger partial charge in [0.1, 0.15) is 0 Å². The monoisotopic (exact) mass is 421 g/mol. The van der Waals surface area contributed by atoms with Crippen LogP contribution < -0.4 is 0 Å². The second-order valence-electron chi connectivity index (χ2n) is 3.42. The van der Waals surface area contributed by atoms with Crippen LogP contribution >= 0.6 is 11.3 Å². The first-order valence-electron chi connectivity index (χ1n) is 4.84. The van der Waals surface area contributed by atoms with Crippen molar-refractivity contribution in [2.75, 3.05) is 0 Å². The van der Waals surface area contributed by atoms with Gasteiger partial charge in [-0.05, 0) is 22.9 Å². The Morgan fingerprint density at radius 2 is 2.06 bits per heavy atom. The summed E-state index contributed by atoms with van der Waals surface area (Å²) in [6, 6.07) is 11.4. The van der Waals surface area contributed by atoms with Gasteiger partial charge in [0, 0.05) is 42.5 Å². The topological polar surface area (TPSA) is 12.9 Å². The van der Waals surface area contributed by atoms with Crippen LogP contribution in [0.15, 0.2) is 41.9 Å². The third kappa shape index (κ3) is 2.29. The number of benzene rings is 1. The molecule has 0 bridgehead atoms. The number of pyridine rings is 1. The molecule has 3 aromatic rings. The number of hydrogen-bond acceptors (Lipinski definition) is 2. The molecule has 0 amide bonds. The molecule has 0 aliphatic carbocycles. The summed E-state index contributed by atoms with van der Waals surface area (Å²) in [5.74, 6) is -0.276. The van der Waals surface area contributed by atoms with E-state index < -0.39 is 0 Å². The van der Waals surface area contributed by atoms with Crippen LogP contribution in [0.5, 0.6) is 0 Å². The Bertz CT molecular complexity index is 633. The molecule has 1 nitrogen and oxygen atoms in total. The maximum Gasteiger partial charge on any atom is 0.0379 e. The number of aromatic nitrogens is 1. The van der Waals surface area contributed by atoms with Crippen LogP contribution in [0.4, 0.5) is 4.39 Å². The zero-order valence-corrected chi connectivity index (χ0v) is 11.8. The third-order valence-electron chi connectivity index (χ3n) is 2.40. The molecule has 87 valence electrons. The molecule has 0 aliphatic rings. The van der Waals surface area contributed by atoms with E-state index in [4.69, 9.17) is 0 Å². The molecule has 1 aromatic carbocycles. The van der Waals surface area contributed by atoms with Gasteiger partial charge in [-0.2, -0.15) is 11.3 Å². The molecule has 0 spiro atoms. The summed E-state index contributed by atoms with van der Waals surface area (Å²) in [6.45, 7) is 0. The van der Waals surface area contributed by atoms with Gasteiger partial charge in [0.25, 0.3) is 0 Å². The fourth-order valence-electron chi connectivity index (χ4n) is 1.64. The Labute approximate surface area is 116 Å². The average Bonchev–Trinajstić information content (AvgIpc) is 2.78. The summed E-state index contributed by atoms with van der Waals surface area (Å²) in [5.41, 5.74) is 1.70. The Kier molecular flexibility index (Phi) is 3.67. The Morgan fingerprint density at radius 1 is 1.18 bits per heavy atom. The van der Waals surface area contributed by atoms with Gasteiger partial charge in [0.05, 0.1) is 0 Å². The zero-order valence-electron chi connectivity index (χ0n) is 8.61. The summed E-state index contributed by atoms with van der Waals surface area (Å²) in [5, 5.41) is 3.19. The molecular weight excluding hydrogens is 413 g/mol. The third-order valence-corrected chi connectivity index (χ3v) is 3.34. The number of fused-ring (bicyclic) bond motifs is 1. The van der Waals surface area contributed by atoms with Crippen LogP contribution in [0.25, 0.3) is 21.3 Å². The second-order valence-corrected chi connectivity index (χ2v) is 4.34. The summed E-state index contributed by atoms with van der Waals surface area (Å²) in [6.07, 6.45) is 1.77. The summed E-state index contributed by atoms with van der Waals surface area (Å²) in [7, 11) is 0. The molecule has 17 heavy (non-hydrogen) atoms. The van der Waals surface area contributed by atoms with Gasteiger partial charge >= 0.3 is 0 Å². The van der Waals surface area contributed by atoms with E-state index in [0.717, 1.165) is 21.3 Å². The van der Waals surface area contributed by atoms with Crippen molar-refractivity contribution in [3.8, 4) is 11.3 Å². The number of thiophene rings is 1. The van der Waals surface area contributed by atoms with E-state index >= 15 is 0 Å². The molecule has 0 saturated carbocycles. The van der Waals surface area contributed by atoms with Crippen LogP contribution in [-0.2, 0) is 20.1 Å². The van der Waals surface area contributed by atoms with Gasteiger partial charge < -0.3 is 4.98 Å². The van der Waals surface area contributed by atoms with Gasteiger partial charge in [-0.1, -0.05) is 0 Å². The van der Waals surface area contributed by atoms with Crippen LogP contribution in [0.3, 0.4) is 0 Å². The summed E-state index contributed by atoms with van der Waals surface area (Å²) >= 11 is 1.64. The SMILES string of the molecule is Fc1c[c-]c(-c2nccc3ccsc23)cc1.[Ir]. The van der Waals surface area contributed by atoms with E-state index in [9.17, 15) is 4.39 Å². The average molecular weight is 420 g/mol. The predicted molar refractivity (Wildman–Crippen MR) is 63.9 cm³/mol. The van der Waals surface area contributed by atoms with Crippen molar-refractivity contribution in [2.45, 2.75) is 0 Å². The van der Waals surface area contributed by atoms with Crippen LogP contribution in [0.1, 0.15) is 0 Å². The number of hydrogen-bond donors (Lipinski definition) is 0. The first-order chi connectivity index (χ1) is 7.84. The Morgan fingerprint density at radius 3 is 2.82 bits per heavy atom. The van der Waals surface area contributed by atoms with Crippen LogP contribution in [-0.4, -0.2) is 4.98 Å². The van der Waals surface area contributed by atoms with E-state index in [0.29, 0.717) is 0 Å². The summed E-state index contributed by atoms with van der Waals surface area (Å²) in [4.78, 5) is 4.34. The fraction of sp³-hybridized carbons (Fsp3) is 0. The smallest absolute Gasteiger partial charge is 0.0379 e. The molecule has 0 fully saturated rings. The largest absolute Gasteiger partial charge is 0.303 e. The Hall–Kier alpha value is -1.09. The molecule has 1 radical (unpaired) electrons. The maximum atomic E-state index is 12.8. The molecule has 0 atom stereocenters. The molecule has 2 heterocycles. The van der Waals surface area contributed by atoms with Crippen molar-refractivity contribution < 1.29 is 24.5 Å². The standard InChI is InChI=1S/C13H7FNS.Ir/c14-11-3-1-9(2-4-11)12-13-10(5-7-15-12)6-8-16-13;/h1,3-8H;/q-1;. The minimum atomic E-state index is -0.276. The van der Waals surface area contributed by atoms with Gasteiger partial charge in [-0.25, -0.2) is 0 Å². The zero-order chi connectivity index (χ0) is 11.0. The quantitative estimate of drug-likeness (QED) is 0.544. The molecule has 0 unspecified atom stereocenters. The minimum Gasteiger partial charge on any atom is -0.303 e. The second kappa shape index (κ2) is 5.05. The molecule has 3 rings (SSSR count). The van der Waals surface area contributed by atoms with Crippen molar-refractivity contribution in [1.82, 2.24) is 4.98 Å². The van der Waals surface area contributed by atoms with E-state index in [2.05, 4.69) is 17.1 Å². The fourth-order valence-corrected chi connectivity index (χ4v) is 2.54. The first kappa shape index (κ1) is 12.4. The first-order valence-corrected chi connectivity index (χ1v) is 5.72. The van der Waals surface area contributed by atoms with Crippen molar-refractivity contribution in [3.05, 3.63) is 53.8 Å². The van der Waals surface area contributed by atoms with Gasteiger partial charge in [0.15, 0.2) is 0 Å². The molecular formula is C13H7FIrNS-. The molecule has 0 aliphatic heterocycles. The van der Waals surface area contributed by atoms with Gasteiger partial charge in [0.2, 0.25) is 0 Å². The molecule has 4 heteroatoms. The molecule has 0 saturated heterocycles. The Balaban J connectivity index is 0.00000108.